The lowest BCUT2D eigenvalue weighted by Gasteiger charge is -2.22. The molecule has 0 bridgehead atoms. The molecule has 1 aliphatic heterocycles. The SMILES string of the molecule is NCc1ccc2c(c1)COC[C@H]2N. The third kappa shape index (κ3) is 1.58. The van der Waals surface area contributed by atoms with Crippen LogP contribution in [0.15, 0.2) is 18.2 Å². The van der Waals surface area contributed by atoms with Crippen LogP contribution in [0.2, 0.25) is 0 Å². The first-order valence-electron chi connectivity index (χ1n) is 4.46. The van der Waals surface area contributed by atoms with Crippen molar-refractivity contribution in [3.8, 4) is 0 Å². The molecule has 4 N–H and O–H groups in total. The minimum atomic E-state index is 0.0237. The van der Waals surface area contributed by atoms with E-state index in [1.54, 1.807) is 0 Å². The molecule has 0 saturated heterocycles. The molecule has 3 nitrogen and oxygen atoms in total. The Labute approximate surface area is 77.7 Å². The van der Waals surface area contributed by atoms with Crippen LogP contribution in [0.1, 0.15) is 22.7 Å². The molecule has 0 radical (unpaired) electrons. The average Bonchev–Trinajstić information content (AvgIpc) is 2.18. The van der Waals surface area contributed by atoms with E-state index in [4.69, 9.17) is 16.2 Å². The molecule has 70 valence electrons. The van der Waals surface area contributed by atoms with Crippen molar-refractivity contribution in [3.05, 3.63) is 34.9 Å². The van der Waals surface area contributed by atoms with Crippen LogP contribution in [0.4, 0.5) is 0 Å². The minimum absolute atomic E-state index is 0.0237. The van der Waals surface area contributed by atoms with Crippen molar-refractivity contribution in [1.82, 2.24) is 0 Å². The third-order valence-electron chi connectivity index (χ3n) is 2.40. The first-order chi connectivity index (χ1) is 6.31. The van der Waals surface area contributed by atoms with Crippen molar-refractivity contribution in [3.63, 3.8) is 0 Å². The largest absolute Gasteiger partial charge is 0.375 e. The van der Waals surface area contributed by atoms with Crippen LogP contribution in [-0.2, 0) is 17.9 Å². The lowest BCUT2D eigenvalue weighted by atomic mass is 9.97. The molecule has 0 aromatic heterocycles. The standard InChI is InChI=1S/C10H14N2O/c11-4-7-1-2-9-8(3-7)5-13-6-10(9)12/h1-3,10H,4-6,11-12H2/t10-/m1/s1. The molecular weight excluding hydrogens is 164 g/mol. The first-order valence-corrected chi connectivity index (χ1v) is 4.46. The van der Waals surface area contributed by atoms with Crippen molar-refractivity contribution in [2.24, 2.45) is 11.5 Å². The molecule has 0 spiro atoms. The van der Waals surface area contributed by atoms with Gasteiger partial charge in [-0.2, -0.15) is 0 Å². The second-order valence-electron chi connectivity index (χ2n) is 3.36. The number of hydrogen-bond donors (Lipinski definition) is 2. The Hall–Kier alpha value is -0.900. The van der Waals surface area contributed by atoms with Crippen LogP contribution >= 0.6 is 0 Å². The van der Waals surface area contributed by atoms with Gasteiger partial charge in [-0.1, -0.05) is 18.2 Å². The highest BCUT2D eigenvalue weighted by Crippen LogP contribution is 2.23. The van der Waals surface area contributed by atoms with Gasteiger partial charge < -0.3 is 16.2 Å². The zero-order chi connectivity index (χ0) is 9.26. The molecule has 3 heteroatoms. The van der Waals surface area contributed by atoms with Crippen molar-refractivity contribution in [2.45, 2.75) is 19.2 Å². The van der Waals surface area contributed by atoms with Crippen LogP contribution in [0.3, 0.4) is 0 Å². The average molecular weight is 178 g/mol. The van der Waals surface area contributed by atoms with Crippen LogP contribution < -0.4 is 11.5 Å². The molecule has 0 amide bonds. The molecule has 0 saturated carbocycles. The van der Waals surface area contributed by atoms with Gasteiger partial charge in [0.05, 0.1) is 19.3 Å². The summed E-state index contributed by atoms with van der Waals surface area (Å²) in [6.07, 6.45) is 0. The fourth-order valence-electron chi connectivity index (χ4n) is 1.66. The van der Waals surface area contributed by atoms with E-state index in [0.29, 0.717) is 19.8 Å². The Bertz CT molecular complexity index is 312. The maximum absolute atomic E-state index is 5.88. The smallest absolute Gasteiger partial charge is 0.0721 e. The van der Waals surface area contributed by atoms with E-state index in [-0.39, 0.29) is 6.04 Å². The van der Waals surface area contributed by atoms with Crippen LogP contribution in [0.5, 0.6) is 0 Å². The summed E-state index contributed by atoms with van der Waals surface area (Å²) >= 11 is 0. The number of nitrogens with two attached hydrogens (primary N) is 2. The minimum Gasteiger partial charge on any atom is -0.375 e. The highest BCUT2D eigenvalue weighted by molar-refractivity contribution is 5.34. The predicted octanol–water partition coefficient (Wildman–Crippen LogP) is 0.675. The lowest BCUT2D eigenvalue weighted by Crippen LogP contribution is -2.23. The first kappa shape index (κ1) is 8.69. The van der Waals surface area contributed by atoms with Gasteiger partial charge in [0.2, 0.25) is 0 Å². The summed E-state index contributed by atoms with van der Waals surface area (Å²) in [4.78, 5) is 0. The van der Waals surface area contributed by atoms with Gasteiger partial charge in [0.25, 0.3) is 0 Å². The van der Waals surface area contributed by atoms with Crippen molar-refractivity contribution >= 4 is 0 Å². The van der Waals surface area contributed by atoms with Gasteiger partial charge in [0, 0.05) is 6.54 Å². The fraction of sp³-hybridized carbons (Fsp3) is 0.400. The van der Waals surface area contributed by atoms with Crippen LogP contribution in [-0.4, -0.2) is 6.61 Å². The molecule has 0 unspecified atom stereocenters. The second kappa shape index (κ2) is 3.46. The van der Waals surface area contributed by atoms with Gasteiger partial charge in [-0.05, 0) is 16.7 Å². The van der Waals surface area contributed by atoms with Crippen molar-refractivity contribution in [2.75, 3.05) is 6.61 Å². The van der Waals surface area contributed by atoms with Crippen LogP contribution in [0.25, 0.3) is 0 Å². The van der Waals surface area contributed by atoms with E-state index in [9.17, 15) is 0 Å². The Kier molecular flexibility index (Phi) is 2.31. The Balaban J connectivity index is 2.39. The van der Waals surface area contributed by atoms with Gasteiger partial charge in [-0.15, -0.1) is 0 Å². The fourth-order valence-corrected chi connectivity index (χ4v) is 1.66. The third-order valence-corrected chi connectivity index (χ3v) is 2.40. The Morgan fingerprint density at radius 2 is 2.31 bits per heavy atom. The van der Waals surface area contributed by atoms with E-state index in [1.807, 2.05) is 6.07 Å². The molecule has 1 heterocycles. The highest BCUT2D eigenvalue weighted by atomic mass is 16.5. The summed E-state index contributed by atoms with van der Waals surface area (Å²) in [7, 11) is 0. The zero-order valence-corrected chi connectivity index (χ0v) is 7.49. The Morgan fingerprint density at radius 1 is 1.46 bits per heavy atom. The highest BCUT2D eigenvalue weighted by Gasteiger charge is 2.16. The summed E-state index contributed by atoms with van der Waals surface area (Å²) in [5, 5.41) is 0. The van der Waals surface area contributed by atoms with E-state index < -0.39 is 0 Å². The topological polar surface area (TPSA) is 61.3 Å². The second-order valence-corrected chi connectivity index (χ2v) is 3.36. The number of fused-ring (bicyclic) bond motifs is 1. The van der Waals surface area contributed by atoms with E-state index in [1.165, 1.54) is 11.1 Å². The van der Waals surface area contributed by atoms with Crippen LogP contribution in [0, 0.1) is 0 Å². The van der Waals surface area contributed by atoms with Gasteiger partial charge in [-0.25, -0.2) is 0 Å². The predicted molar refractivity (Wildman–Crippen MR) is 50.9 cm³/mol. The summed E-state index contributed by atoms with van der Waals surface area (Å²) in [6.45, 7) is 1.86. The molecule has 1 atom stereocenters. The summed E-state index contributed by atoms with van der Waals surface area (Å²) in [6, 6.07) is 6.19. The summed E-state index contributed by atoms with van der Waals surface area (Å²) in [5.41, 5.74) is 14.9. The summed E-state index contributed by atoms with van der Waals surface area (Å²) in [5.74, 6) is 0. The van der Waals surface area contributed by atoms with Gasteiger partial charge in [0.1, 0.15) is 0 Å². The van der Waals surface area contributed by atoms with Gasteiger partial charge in [-0.3, -0.25) is 0 Å². The molecule has 1 aliphatic rings. The van der Waals surface area contributed by atoms with E-state index in [0.717, 1.165) is 5.56 Å². The molecule has 0 fully saturated rings. The molecule has 0 aliphatic carbocycles. The van der Waals surface area contributed by atoms with E-state index in [2.05, 4.69) is 12.1 Å². The zero-order valence-electron chi connectivity index (χ0n) is 7.49. The molecule has 1 aromatic carbocycles. The quantitative estimate of drug-likeness (QED) is 0.664. The van der Waals surface area contributed by atoms with Gasteiger partial charge >= 0.3 is 0 Å². The van der Waals surface area contributed by atoms with Crippen molar-refractivity contribution < 1.29 is 4.74 Å². The lowest BCUT2D eigenvalue weighted by molar-refractivity contribution is 0.0923. The number of ether oxygens (including phenoxy) is 1. The molecule has 2 rings (SSSR count). The molecule has 13 heavy (non-hydrogen) atoms. The Morgan fingerprint density at radius 3 is 3.08 bits per heavy atom. The van der Waals surface area contributed by atoms with Crippen molar-refractivity contribution in [1.29, 1.82) is 0 Å². The number of rotatable bonds is 1. The number of benzene rings is 1. The molecular formula is C10H14N2O. The number of hydrogen-bond acceptors (Lipinski definition) is 3. The summed E-state index contributed by atoms with van der Waals surface area (Å²) < 4.78 is 5.34. The monoisotopic (exact) mass is 178 g/mol. The van der Waals surface area contributed by atoms with E-state index >= 15 is 0 Å². The molecule has 1 aromatic rings. The normalized spacial score (nSPS) is 21.2. The maximum Gasteiger partial charge on any atom is 0.0721 e. The maximum atomic E-state index is 5.88. The van der Waals surface area contributed by atoms with Gasteiger partial charge in [0.15, 0.2) is 0 Å².